The van der Waals surface area contributed by atoms with Crippen LogP contribution >= 0.6 is 0 Å². The third-order valence-electron chi connectivity index (χ3n) is 4.16. The Balaban J connectivity index is 2.30. The summed E-state index contributed by atoms with van der Waals surface area (Å²) in [6, 6.07) is 12.2. The Morgan fingerprint density at radius 1 is 1.14 bits per heavy atom. The van der Waals surface area contributed by atoms with Gasteiger partial charge in [0, 0.05) is 5.69 Å². The van der Waals surface area contributed by atoms with Crippen molar-refractivity contribution in [3.63, 3.8) is 0 Å². The molecule has 0 saturated carbocycles. The average Bonchev–Trinajstić information content (AvgIpc) is 2.64. The minimum atomic E-state index is -3.69. The zero-order valence-corrected chi connectivity index (χ0v) is 17.1. The van der Waals surface area contributed by atoms with Gasteiger partial charge in [-0.25, -0.2) is 13.2 Å². The summed E-state index contributed by atoms with van der Waals surface area (Å²) in [6.07, 6.45) is 1.36. The van der Waals surface area contributed by atoms with Gasteiger partial charge >= 0.3 is 5.97 Å². The van der Waals surface area contributed by atoms with Crippen molar-refractivity contribution >= 4 is 33.3 Å². The van der Waals surface area contributed by atoms with Gasteiger partial charge in [0.15, 0.2) is 0 Å². The number of nitrogens with zero attached hydrogens (tertiary/aromatic N) is 1. The number of carbonyl (C=O) groups is 2. The molecule has 2 aromatic carbocycles. The van der Waals surface area contributed by atoms with E-state index in [9.17, 15) is 18.0 Å². The van der Waals surface area contributed by atoms with Gasteiger partial charge in [-0.2, -0.15) is 0 Å². The Hall–Kier alpha value is -2.87. The Labute approximate surface area is 165 Å². The minimum absolute atomic E-state index is 0.285. The maximum absolute atomic E-state index is 12.9. The van der Waals surface area contributed by atoms with Gasteiger partial charge in [-0.1, -0.05) is 19.1 Å². The smallest absolute Gasteiger partial charge is 0.337 e. The highest BCUT2D eigenvalue weighted by molar-refractivity contribution is 7.92. The van der Waals surface area contributed by atoms with E-state index in [0.29, 0.717) is 16.9 Å². The number of anilines is 2. The minimum Gasteiger partial charge on any atom is -0.465 e. The lowest BCUT2D eigenvalue weighted by molar-refractivity contribution is -0.117. The quantitative estimate of drug-likeness (QED) is 0.716. The summed E-state index contributed by atoms with van der Waals surface area (Å²) in [4.78, 5) is 24.4. The summed E-state index contributed by atoms with van der Waals surface area (Å²) in [5, 5.41) is 2.72. The molecule has 0 heterocycles. The van der Waals surface area contributed by atoms with Gasteiger partial charge in [-0.3, -0.25) is 9.10 Å². The normalized spacial score (nSPS) is 12.1. The number of carbonyl (C=O) groups excluding carboxylic acids is 2. The van der Waals surface area contributed by atoms with E-state index in [2.05, 4.69) is 10.1 Å². The first-order chi connectivity index (χ1) is 13.2. The number of methoxy groups -OCH3 is 1. The fraction of sp³-hybridized carbons (Fsp3) is 0.300. The number of sulfonamides is 1. The standard InChI is InChI=1S/C20H24N2O5S/c1-5-18(22(28(4,25)26)17-8-6-7-14(2)13-17)19(23)21-16-11-9-15(10-12-16)20(24)27-3/h6-13,18H,5H2,1-4H3,(H,21,23)/t18-/m1/s1. The molecule has 0 bridgehead atoms. The van der Waals surface area contributed by atoms with Crippen LogP contribution < -0.4 is 9.62 Å². The van der Waals surface area contributed by atoms with Crippen molar-refractivity contribution in [2.45, 2.75) is 26.3 Å². The lowest BCUT2D eigenvalue weighted by Crippen LogP contribution is -2.47. The molecule has 0 fully saturated rings. The highest BCUT2D eigenvalue weighted by atomic mass is 32.2. The van der Waals surface area contributed by atoms with Crippen LogP contribution in [0.1, 0.15) is 29.3 Å². The van der Waals surface area contributed by atoms with Gasteiger partial charge in [0.2, 0.25) is 15.9 Å². The summed E-state index contributed by atoms with van der Waals surface area (Å²) in [5.41, 5.74) is 2.13. The van der Waals surface area contributed by atoms with Crippen molar-refractivity contribution in [3.05, 3.63) is 59.7 Å². The van der Waals surface area contributed by atoms with Crippen molar-refractivity contribution < 1.29 is 22.7 Å². The second-order valence-corrected chi connectivity index (χ2v) is 8.24. The van der Waals surface area contributed by atoms with Crippen molar-refractivity contribution in [3.8, 4) is 0 Å². The summed E-state index contributed by atoms with van der Waals surface area (Å²) in [5.74, 6) is -0.938. The fourth-order valence-electron chi connectivity index (χ4n) is 2.86. The Morgan fingerprint density at radius 3 is 2.29 bits per heavy atom. The van der Waals surface area contributed by atoms with Crippen molar-refractivity contribution in [1.82, 2.24) is 0 Å². The van der Waals surface area contributed by atoms with E-state index >= 15 is 0 Å². The molecule has 2 aromatic rings. The predicted molar refractivity (Wildman–Crippen MR) is 109 cm³/mol. The molecule has 150 valence electrons. The molecule has 1 amide bonds. The molecule has 8 heteroatoms. The van der Waals surface area contributed by atoms with Crippen LogP contribution in [0.15, 0.2) is 48.5 Å². The molecule has 0 spiro atoms. The highest BCUT2D eigenvalue weighted by Gasteiger charge is 2.31. The zero-order chi connectivity index (χ0) is 20.9. The van der Waals surface area contributed by atoms with Crippen molar-refractivity contribution in [1.29, 1.82) is 0 Å². The largest absolute Gasteiger partial charge is 0.465 e. The van der Waals surface area contributed by atoms with Crippen LogP contribution in [0.3, 0.4) is 0 Å². The van der Waals surface area contributed by atoms with Crippen LogP contribution in [-0.2, 0) is 19.6 Å². The molecule has 28 heavy (non-hydrogen) atoms. The van der Waals surface area contributed by atoms with Crippen LogP contribution in [0.5, 0.6) is 0 Å². The van der Waals surface area contributed by atoms with Crippen LogP contribution in [-0.4, -0.2) is 39.7 Å². The Kier molecular flexibility index (Phi) is 6.80. The van der Waals surface area contributed by atoms with Crippen LogP contribution in [0.2, 0.25) is 0 Å². The monoisotopic (exact) mass is 404 g/mol. The number of hydrogen-bond acceptors (Lipinski definition) is 5. The summed E-state index contributed by atoms with van der Waals surface area (Å²) < 4.78 is 30.7. The van der Waals surface area contributed by atoms with E-state index in [1.807, 2.05) is 13.0 Å². The average molecular weight is 404 g/mol. The molecular weight excluding hydrogens is 380 g/mol. The topological polar surface area (TPSA) is 92.8 Å². The zero-order valence-electron chi connectivity index (χ0n) is 16.3. The van der Waals surface area contributed by atoms with Gasteiger partial charge in [-0.05, 0) is 55.3 Å². The van der Waals surface area contributed by atoms with Gasteiger partial charge < -0.3 is 10.1 Å². The maximum atomic E-state index is 12.9. The van der Waals surface area contributed by atoms with E-state index < -0.39 is 27.9 Å². The van der Waals surface area contributed by atoms with E-state index in [4.69, 9.17) is 0 Å². The van der Waals surface area contributed by atoms with Gasteiger partial charge in [0.25, 0.3) is 0 Å². The number of aryl methyl sites for hydroxylation is 1. The predicted octanol–water partition coefficient (Wildman–Crippen LogP) is 2.96. The summed E-state index contributed by atoms with van der Waals surface area (Å²) in [7, 11) is -2.41. The van der Waals surface area contributed by atoms with E-state index in [-0.39, 0.29) is 6.42 Å². The number of ether oxygens (including phenoxy) is 1. The fourth-order valence-corrected chi connectivity index (χ4v) is 4.06. The molecule has 7 nitrogen and oxygen atoms in total. The number of nitrogens with one attached hydrogen (secondary N) is 1. The van der Waals surface area contributed by atoms with E-state index in [1.165, 1.54) is 19.2 Å². The number of benzene rings is 2. The highest BCUT2D eigenvalue weighted by Crippen LogP contribution is 2.24. The van der Waals surface area contributed by atoms with Crippen LogP contribution in [0, 0.1) is 6.92 Å². The number of amides is 1. The molecule has 1 atom stereocenters. The van der Waals surface area contributed by atoms with Gasteiger partial charge in [-0.15, -0.1) is 0 Å². The van der Waals surface area contributed by atoms with Gasteiger partial charge in [0.1, 0.15) is 6.04 Å². The second kappa shape index (κ2) is 8.88. The van der Waals surface area contributed by atoms with Crippen molar-refractivity contribution in [2.75, 3.05) is 23.0 Å². The lowest BCUT2D eigenvalue weighted by Gasteiger charge is -2.30. The molecule has 2 rings (SSSR count). The maximum Gasteiger partial charge on any atom is 0.337 e. The van der Waals surface area contributed by atoms with Crippen LogP contribution in [0.4, 0.5) is 11.4 Å². The third-order valence-corrected chi connectivity index (χ3v) is 5.34. The molecule has 0 radical (unpaired) electrons. The van der Waals surface area contributed by atoms with Crippen LogP contribution in [0.25, 0.3) is 0 Å². The molecule has 0 aliphatic carbocycles. The molecule has 0 aromatic heterocycles. The Morgan fingerprint density at radius 2 is 1.79 bits per heavy atom. The first-order valence-electron chi connectivity index (χ1n) is 8.72. The SMILES string of the molecule is CC[C@H](C(=O)Nc1ccc(C(=O)OC)cc1)N(c1cccc(C)c1)S(C)(=O)=O. The number of esters is 1. The first kappa shape index (κ1) is 21.4. The number of rotatable bonds is 7. The number of hydrogen-bond donors (Lipinski definition) is 1. The molecule has 0 unspecified atom stereocenters. The lowest BCUT2D eigenvalue weighted by atomic mass is 10.1. The second-order valence-electron chi connectivity index (χ2n) is 6.38. The summed E-state index contributed by atoms with van der Waals surface area (Å²) >= 11 is 0. The summed E-state index contributed by atoms with van der Waals surface area (Å²) in [6.45, 7) is 3.60. The molecular formula is C20H24N2O5S. The third kappa shape index (κ3) is 5.10. The first-order valence-corrected chi connectivity index (χ1v) is 10.6. The molecule has 0 aliphatic heterocycles. The van der Waals surface area contributed by atoms with E-state index in [0.717, 1.165) is 16.1 Å². The van der Waals surface area contributed by atoms with Crippen molar-refractivity contribution in [2.24, 2.45) is 0 Å². The molecule has 0 aliphatic rings. The van der Waals surface area contributed by atoms with Gasteiger partial charge in [0.05, 0.1) is 24.6 Å². The molecule has 1 N–H and O–H groups in total. The Bertz CT molecular complexity index is 955. The molecule has 0 saturated heterocycles. The van der Waals surface area contributed by atoms with E-state index in [1.54, 1.807) is 37.3 Å².